The summed E-state index contributed by atoms with van der Waals surface area (Å²) in [5, 5.41) is 9.40. The minimum Gasteiger partial charge on any atom is -0.494 e. The number of carbonyl (C=O) groups excluding carboxylic acids is 2. The summed E-state index contributed by atoms with van der Waals surface area (Å²) in [7, 11) is 0. The van der Waals surface area contributed by atoms with Gasteiger partial charge in [-0.15, -0.1) is 0 Å². The lowest BCUT2D eigenvalue weighted by molar-refractivity contribution is -0.139. The Kier molecular flexibility index (Phi) is 10.7. The highest BCUT2D eigenvalue weighted by Crippen LogP contribution is 2.45. The summed E-state index contributed by atoms with van der Waals surface area (Å²) < 4.78 is 12.0. The van der Waals surface area contributed by atoms with Gasteiger partial charge in [0.15, 0.2) is 18.2 Å². The first-order valence-electron chi connectivity index (χ1n) is 13.4. The molecule has 0 heterocycles. The number of anilines is 1. The minimum absolute atomic E-state index is 0.0982. The van der Waals surface area contributed by atoms with E-state index in [4.69, 9.17) is 15.2 Å². The minimum atomic E-state index is -1.14. The highest BCUT2D eigenvalue weighted by Gasteiger charge is 2.21. The molecule has 0 aromatic heterocycles. The van der Waals surface area contributed by atoms with Gasteiger partial charge in [-0.05, 0) is 50.1 Å². The van der Waals surface area contributed by atoms with E-state index in [1.54, 1.807) is 48.5 Å². The van der Waals surface area contributed by atoms with Crippen molar-refractivity contribution < 1.29 is 29.0 Å². The molecule has 0 aliphatic heterocycles. The number of aliphatic carboxylic acids is 1. The van der Waals surface area contributed by atoms with Crippen LogP contribution in [0, 0.1) is 0 Å². The molecule has 0 amide bonds. The van der Waals surface area contributed by atoms with Crippen molar-refractivity contribution in [2.75, 3.05) is 18.9 Å². The number of carboxylic acid groups (broad SMARTS) is 1. The molecule has 0 aliphatic carbocycles. The molecule has 3 aromatic rings. The number of hydrogen-bond donors (Lipinski definition) is 2. The fourth-order valence-electron chi connectivity index (χ4n) is 4.47. The molecular weight excluding hydrogens is 494 g/mol. The fraction of sp³-hybridized carbons (Fsp3) is 0.344. The highest BCUT2D eigenvalue weighted by atomic mass is 16.5. The maximum atomic E-state index is 12.2. The molecule has 0 spiro atoms. The van der Waals surface area contributed by atoms with Crippen LogP contribution < -0.4 is 15.2 Å². The highest BCUT2D eigenvalue weighted by molar-refractivity contribution is 6.03. The second kappa shape index (κ2) is 14.1. The summed E-state index contributed by atoms with van der Waals surface area (Å²) in [5.41, 5.74) is 9.82. The number of unbranched alkanes of at least 4 members (excludes halogenated alkanes) is 5. The SMILES string of the molecule is CCCCCCCCOc1cc(-c2cccc(C(C)=O)c2)c(OCC(=O)O)c(-c2cccc(C(C)=O)c2N)c1. The molecule has 3 aromatic carbocycles. The van der Waals surface area contributed by atoms with Crippen molar-refractivity contribution in [1.82, 2.24) is 0 Å². The standard InChI is InChI=1S/C32H37NO6/c1-4-5-6-7-8-9-16-38-25-18-28(24-13-10-12-23(17-24)21(2)34)32(39-20-30(36)37)29(19-25)27-15-11-14-26(22(3)35)31(27)33/h10-15,17-19H,4-9,16,20,33H2,1-3H3,(H,36,37). The van der Waals surface area contributed by atoms with Gasteiger partial charge in [-0.3, -0.25) is 9.59 Å². The maximum absolute atomic E-state index is 12.2. The van der Waals surface area contributed by atoms with Crippen molar-refractivity contribution in [3.05, 3.63) is 65.7 Å². The van der Waals surface area contributed by atoms with E-state index in [0.717, 1.165) is 19.3 Å². The monoisotopic (exact) mass is 531 g/mol. The van der Waals surface area contributed by atoms with Crippen LogP contribution in [0.25, 0.3) is 22.3 Å². The average Bonchev–Trinajstić information content (AvgIpc) is 2.91. The van der Waals surface area contributed by atoms with Crippen LogP contribution in [0.4, 0.5) is 5.69 Å². The quantitative estimate of drug-likeness (QED) is 0.121. The summed E-state index contributed by atoms with van der Waals surface area (Å²) in [4.78, 5) is 35.8. The molecule has 0 fully saturated rings. The first-order valence-corrected chi connectivity index (χ1v) is 13.4. The van der Waals surface area contributed by atoms with Gasteiger partial charge in [-0.2, -0.15) is 0 Å². The van der Waals surface area contributed by atoms with Gasteiger partial charge < -0.3 is 20.3 Å². The molecule has 0 saturated carbocycles. The van der Waals surface area contributed by atoms with Crippen LogP contribution in [0.1, 0.15) is 80.0 Å². The number of hydrogen-bond acceptors (Lipinski definition) is 6. The Balaban J connectivity index is 2.14. The Hall–Kier alpha value is -4.13. The van der Waals surface area contributed by atoms with E-state index in [0.29, 0.717) is 45.7 Å². The number of Topliss-reactive ketones (excluding diaryl/α,β-unsaturated/α-hetero) is 2. The third-order valence-electron chi connectivity index (χ3n) is 6.52. The third kappa shape index (κ3) is 7.93. The largest absolute Gasteiger partial charge is 0.494 e. The van der Waals surface area contributed by atoms with Gasteiger partial charge in [0.25, 0.3) is 0 Å². The first-order chi connectivity index (χ1) is 18.7. The Labute approximate surface area is 230 Å². The van der Waals surface area contributed by atoms with Crippen molar-refractivity contribution in [2.45, 2.75) is 59.3 Å². The fourth-order valence-corrected chi connectivity index (χ4v) is 4.47. The first kappa shape index (κ1) is 29.4. The van der Waals surface area contributed by atoms with Crippen molar-refractivity contribution >= 4 is 23.2 Å². The summed E-state index contributed by atoms with van der Waals surface area (Å²) in [5.74, 6) is -0.598. The maximum Gasteiger partial charge on any atom is 0.341 e. The lowest BCUT2D eigenvalue weighted by atomic mass is 9.93. The Bertz CT molecular complexity index is 1330. The molecule has 0 bridgehead atoms. The zero-order chi connectivity index (χ0) is 28.4. The zero-order valence-corrected chi connectivity index (χ0v) is 22.9. The van der Waals surface area contributed by atoms with Crippen LogP contribution in [0.5, 0.6) is 11.5 Å². The number of benzene rings is 3. The van der Waals surface area contributed by atoms with Crippen molar-refractivity contribution in [3.8, 4) is 33.8 Å². The molecule has 3 N–H and O–H groups in total. The van der Waals surface area contributed by atoms with Crippen LogP contribution >= 0.6 is 0 Å². The van der Waals surface area contributed by atoms with Gasteiger partial charge in [0.1, 0.15) is 11.5 Å². The second-order valence-corrected chi connectivity index (χ2v) is 9.61. The number of nitrogen functional groups attached to an aromatic ring is 1. The van der Waals surface area contributed by atoms with Gasteiger partial charge in [-0.1, -0.05) is 69.4 Å². The van der Waals surface area contributed by atoms with Gasteiger partial charge in [0, 0.05) is 27.8 Å². The number of nitrogens with two attached hydrogens (primary N) is 1. The van der Waals surface area contributed by atoms with E-state index in [-0.39, 0.29) is 23.0 Å². The van der Waals surface area contributed by atoms with E-state index in [2.05, 4.69) is 6.92 Å². The molecule has 3 rings (SSSR count). The van der Waals surface area contributed by atoms with Gasteiger partial charge in [0.2, 0.25) is 0 Å². The lowest BCUT2D eigenvalue weighted by Gasteiger charge is -2.20. The number of ketones is 2. The van der Waals surface area contributed by atoms with E-state index in [9.17, 15) is 19.5 Å². The smallest absolute Gasteiger partial charge is 0.341 e. The molecule has 7 nitrogen and oxygen atoms in total. The van der Waals surface area contributed by atoms with Gasteiger partial charge in [-0.25, -0.2) is 4.79 Å². The molecular formula is C32H37NO6. The van der Waals surface area contributed by atoms with Crippen LogP contribution in [0.2, 0.25) is 0 Å². The Morgan fingerprint density at radius 3 is 2.18 bits per heavy atom. The molecule has 206 valence electrons. The molecule has 0 atom stereocenters. The number of ether oxygens (including phenoxy) is 2. The number of rotatable bonds is 15. The Morgan fingerprint density at radius 1 is 0.795 bits per heavy atom. The van der Waals surface area contributed by atoms with Crippen molar-refractivity contribution in [1.29, 1.82) is 0 Å². The van der Waals surface area contributed by atoms with E-state index < -0.39 is 12.6 Å². The molecule has 0 aliphatic rings. The number of carboxylic acids is 1. The van der Waals surface area contributed by atoms with Gasteiger partial charge in [0.05, 0.1) is 12.3 Å². The number of para-hydroxylation sites is 1. The number of carbonyl (C=O) groups is 3. The summed E-state index contributed by atoms with van der Waals surface area (Å²) in [6, 6.07) is 15.7. The van der Waals surface area contributed by atoms with E-state index in [1.165, 1.54) is 33.1 Å². The average molecular weight is 532 g/mol. The van der Waals surface area contributed by atoms with Crippen LogP contribution in [-0.2, 0) is 4.79 Å². The molecule has 0 unspecified atom stereocenters. The predicted molar refractivity (Wildman–Crippen MR) is 154 cm³/mol. The van der Waals surface area contributed by atoms with E-state index >= 15 is 0 Å². The lowest BCUT2D eigenvalue weighted by Crippen LogP contribution is -2.11. The van der Waals surface area contributed by atoms with Crippen molar-refractivity contribution in [3.63, 3.8) is 0 Å². The molecule has 0 saturated heterocycles. The normalized spacial score (nSPS) is 10.7. The topological polar surface area (TPSA) is 116 Å². The van der Waals surface area contributed by atoms with Crippen LogP contribution in [0.15, 0.2) is 54.6 Å². The third-order valence-corrected chi connectivity index (χ3v) is 6.52. The van der Waals surface area contributed by atoms with Crippen molar-refractivity contribution in [2.24, 2.45) is 0 Å². The predicted octanol–water partition coefficient (Wildman–Crippen LogP) is 7.21. The second-order valence-electron chi connectivity index (χ2n) is 9.61. The van der Waals surface area contributed by atoms with Crippen LogP contribution in [-0.4, -0.2) is 35.9 Å². The molecule has 39 heavy (non-hydrogen) atoms. The molecule has 7 heteroatoms. The summed E-state index contributed by atoms with van der Waals surface area (Å²) in [6.07, 6.45) is 6.74. The zero-order valence-electron chi connectivity index (χ0n) is 22.9. The molecule has 0 radical (unpaired) electrons. The summed E-state index contributed by atoms with van der Waals surface area (Å²) in [6.45, 7) is 5.04. The Morgan fingerprint density at radius 2 is 1.49 bits per heavy atom. The van der Waals surface area contributed by atoms with E-state index in [1.807, 2.05) is 6.07 Å². The summed E-state index contributed by atoms with van der Waals surface area (Å²) >= 11 is 0. The van der Waals surface area contributed by atoms with Gasteiger partial charge >= 0.3 is 5.97 Å². The van der Waals surface area contributed by atoms with Crippen LogP contribution in [0.3, 0.4) is 0 Å².